The van der Waals surface area contributed by atoms with Gasteiger partial charge in [0.2, 0.25) is 0 Å². The molecule has 2 rings (SSSR count). The number of hydrogen-bond acceptors (Lipinski definition) is 2. The van der Waals surface area contributed by atoms with Crippen LogP contribution in [0, 0.1) is 0 Å². The zero-order valence-electron chi connectivity index (χ0n) is 8.21. The molecule has 0 aromatic carbocycles. The Kier molecular flexibility index (Phi) is 2.21. The lowest BCUT2D eigenvalue weighted by molar-refractivity contribution is 0.267. The molecule has 0 radical (unpaired) electrons. The van der Waals surface area contributed by atoms with Gasteiger partial charge in [-0.05, 0) is 25.0 Å². The number of rotatable bonds is 1. The summed E-state index contributed by atoms with van der Waals surface area (Å²) in [6.45, 7) is 5.18. The van der Waals surface area contributed by atoms with E-state index in [2.05, 4.69) is 31.0 Å². The lowest BCUT2D eigenvalue weighted by Crippen LogP contribution is -2.14. The molecule has 0 N–H and O–H groups in total. The van der Waals surface area contributed by atoms with Crippen molar-refractivity contribution in [3.63, 3.8) is 0 Å². The normalized spacial score (nSPS) is 20.6. The van der Waals surface area contributed by atoms with Gasteiger partial charge in [-0.2, -0.15) is 0 Å². The minimum absolute atomic E-state index is 0.551. The molecule has 1 atom stereocenters. The highest BCUT2D eigenvalue weighted by Gasteiger charge is 2.18. The van der Waals surface area contributed by atoms with E-state index in [-0.39, 0.29) is 0 Å². The summed E-state index contributed by atoms with van der Waals surface area (Å²) in [6, 6.07) is 4.10. The maximum Gasteiger partial charge on any atom is 0.141 e. The van der Waals surface area contributed by atoms with E-state index in [1.807, 2.05) is 0 Å². The van der Waals surface area contributed by atoms with Gasteiger partial charge in [0.05, 0.1) is 12.3 Å². The van der Waals surface area contributed by atoms with Gasteiger partial charge in [0, 0.05) is 11.6 Å². The third-order valence-electron chi connectivity index (χ3n) is 2.58. The van der Waals surface area contributed by atoms with Gasteiger partial charge in [-0.3, -0.25) is 4.98 Å². The largest absolute Gasteiger partial charge is 0.492 e. The van der Waals surface area contributed by atoms with E-state index < -0.39 is 0 Å². The summed E-state index contributed by atoms with van der Waals surface area (Å²) in [5.74, 6) is 1.53. The minimum Gasteiger partial charge on any atom is -0.492 e. The molecule has 70 valence electrons. The number of pyridine rings is 1. The van der Waals surface area contributed by atoms with Gasteiger partial charge in [-0.1, -0.05) is 13.8 Å². The number of ether oxygens (including phenoxy) is 1. The van der Waals surface area contributed by atoms with Crippen LogP contribution in [-0.4, -0.2) is 11.6 Å². The molecule has 1 unspecified atom stereocenters. The van der Waals surface area contributed by atoms with Crippen LogP contribution < -0.4 is 4.74 Å². The van der Waals surface area contributed by atoms with Crippen LogP contribution in [0.15, 0.2) is 12.1 Å². The van der Waals surface area contributed by atoms with Crippen LogP contribution >= 0.6 is 0 Å². The van der Waals surface area contributed by atoms with E-state index >= 15 is 0 Å². The fourth-order valence-corrected chi connectivity index (χ4v) is 1.66. The highest BCUT2D eigenvalue weighted by molar-refractivity contribution is 5.33. The molecule has 0 amide bonds. The maximum absolute atomic E-state index is 5.53. The van der Waals surface area contributed by atoms with Gasteiger partial charge < -0.3 is 4.74 Å². The van der Waals surface area contributed by atoms with E-state index in [9.17, 15) is 0 Å². The van der Waals surface area contributed by atoms with Gasteiger partial charge in [-0.25, -0.2) is 0 Å². The Balaban J connectivity index is 2.41. The maximum atomic E-state index is 5.53. The van der Waals surface area contributed by atoms with Crippen molar-refractivity contribution >= 4 is 0 Å². The smallest absolute Gasteiger partial charge is 0.141 e. The van der Waals surface area contributed by atoms with Crippen LogP contribution in [0.1, 0.15) is 37.6 Å². The predicted octanol–water partition coefficient (Wildman–Crippen LogP) is 2.53. The van der Waals surface area contributed by atoms with Crippen LogP contribution in [0.2, 0.25) is 0 Å². The van der Waals surface area contributed by atoms with Crippen molar-refractivity contribution in [2.45, 2.75) is 32.6 Å². The van der Waals surface area contributed by atoms with Crippen LogP contribution in [0.25, 0.3) is 0 Å². The van der Waals surface area contributed by atoms with E-state index in [4.69, 9.17) is 4.74 Å². The molecule has 0 spiro atoms. The van der Waals surface area contributed by atoms with Crippen molar-refractivity contribution in [3.8, 4) is 5.75 Å². The number of hydrogen-bond donors (Lipinski definition) is 0. The lowest BCUT2D eigenvalue weighted by Gasteiger charge is -2.22. The molecule has 2 heteroatoms. The Hall–Kier alpha value is -1.05. The summed E-state index contributed by atoms with van der Waals surface area (Å²) >= 11 is 0. The summed E-state index contributed by atoms with van der Waals surface area (Å²) in [4.78, 5) is 4.59. The second kappa shape index (κ2) is 3.36. The summed E-state index contributed by atoms with van der Waals surface area (Å²) in [5, 5.41) is 0. The molecule has 2 nitrogen and oxygen atoms in total. The Morgan fingerprint density at radius 2 is 2.38 bits per heavy atom. The van der Waals surface area contributed by atoms with Gasteiger partial charge >= 0.3 is 0 Å². The molecule has 1 aliphatic rings. The Morgan fingerprint density at radius 1 is 1.54 bits per heavy atom. The standard InChI is InChI=1S/C11H15NO/c1-3-9-4-5-10-11(12-9)8(2)6-7-13-10/h4-5,8H,3,6-7H2,1-2H3. The third-order valence-corrected chi connectivity index (χ3v) is 2.58. The Labute approximate surface area is 78.9 Å². The van der Waals surface area contributed by atoms with Crippen molar-refractivity contribution in [2.24, 2.45) is 0 Å². The molecule has 1 aromatic heterocycles. The molecule has 0 saturated carbocycles. The van der Waals surface area contributed by atoms with Crippen molar-refractivity contribution in [2.75, 3.05) is 6.61 Å². The zero-order chi connectivity index (χ0) is 9.26. The first-order valence-corrected chi connectivity index (χ1v) is 4.94. The number of nitrogens with zero attached hydrogens (tertiary/aromatic N) is 1. The number of fused-ring (bicyclic) bond motifs is 1. The van der Waals surface area contributed by atoms with Gasteiger partial charge in [0.15, 0.2) is 0 Å². The molecule has 0 bridgehead atoms. The summed E-state index contributed by atoms with van der Waals surface area (Å²) in [7, 11) is 0. The minimum atomic E-state index is 0.551. The second-order valence-corrected chi connectivity index (χ2v) is 3.58. The lowest BCUT2D eigenvalue weighted by atomic mass is 10.00. The first-order chi connectivity index (χ1) is 6.31. The van der Waals surface area contributed by atoms with Gasteiger partial charge in [0.1, 0.15) is 5.75 Å². The highest BCUT2D eigenvalue weighted by Crippen LogP contribution is 2.31. The zero-order valence-corrected chi connectivity index (χ0v) is 8.21. The summed E-state index contributed by atoms with van der Waals surface area (Å²) in [6.07, 6.45) is 2.09. The van der Waals surface area contributed by atoms with Crippen LogP contribution in [0.4, 0.5) is 0 Å². The molecule has 0 fully saturated rings. The van der Waals surface area contributed by atoms with Gasteiger partial charge in [0.25, 0.3) is 0 Å². The van der Waals surface area contributed by atoms with Crippen molar-refractivity contribution < 1.29 is 4.74 Å². The molecular formula is C11H15NO. The fraction of sp³-hybridized carbons (Fsp3) is 0.545. The SMILES string of the molecule is CCc1ccc2c(n1)C(C)CCO2. The Bertz CT molecular complexity index is 309. The predicted molar refractivity (Wildman–Crippen MR) is 52.1 cm³/mol. The molecule has 0 saturated heterocycles. The van der Waals surface area contributed by atoms with E-state index in [0.717, 1.165) is 36.6 Å². The average molecular weight is 177 g/mol. The Morgan fingerprint density at radius 3 is 3.15 bits per heavy atom. The first-order valence-electron chi connectivity index (χ1n) is 4.94. The molecule has 1 aliphatic heterocycles. The first kappa shape index (κ1) is 8.54. The third kappa shape index (κ3) is 1.53. The van der Waals surface area contributed by atoms with Crippen molar-refractivity contribution in [3.05, 3.63) is 23.5 Å². The topological polar surface area (TPSA) is 22.1 Å². The van der Waals surface area contributed by atoms with Crippen molar-refractivity contribution in [1.82, 2.24) is 4.98 Å². The molecule has 13 heavy (non-hydrogen) atoms. The molecule has 1 aromatic rings. The van der Waals surface area contributed by atoms with E-state index in [0.29, 0.717) is 5.92 Å². The molecule has 2 heterocycles. The van der Waals surface area contributed by atoms with Crippen LogP contribution in [0.3, 0.4) is 0 Å². The highest BCUT2D eigenvalue weighted by atomic mass is 16.5. The van der Waals surface area contributed by atoms with E-state index in [1.54, 1.807) is 0 Å². The number of aryl methyl sites for hydroxylation is 1. The van der Waals surface area contributed by atoms with Crippen LogP contribution in [0.5, 0.6) is 5.75 Å². The molecular weight excluding hydrogens is 162 g/mol. The monoisotopic (exact) mass is 177 g/mol. The molecule has 0 aliphatic carbocycles. The number of aromatic nitrogens is 1. The summed E-state index contributed by atoms with van der Waals surface area (Å²) in [5.41, 5.74) is 2.31. The summed E-state index contributed by atoms with van der Waals surface area (Å²) < 4.78 is 5.53. The van der Waals surface area contributed by atoms with Gasteiger partial charge in [-0.15, -0.1) is 0 Å². The second-order valence-electron chi connectivity index (χ2n) is 3.58. The quantitative estimate of drug-likeness (QED) is 0.657. The van der Waals surface area contributed by atoms with E-state index in [1.165, 1.54) is 0 Å². The van der Waals surface area contributed by atoms with Crippen LogP contribution in [-0.2, 0) is 6.42 Å². The van der Waals surface area contributed by atoms with Crippen molar-refractivity contribution in [1.29, 1.82) is 0 Å². The average Bonchev–Trinajstić information content (AvgIpc) is 2.18. The fourth-order valence-electron chi connectivity index (χ4n) is 1.66.